The molecule has 0 bridgehead atoms. The third kappa shape index (κ3) is 4.39. The number of amides is 1. The largest absolute Gasteiger partial charge is 0.434 e. The van der Waals surface area contributed by atoms with Crippen LogP contribution in [-0.4, -0.2) is 70.2 Å². The average molecular weight is 543 g/mol. The van der Waals surface area contributed by atoms with Crippen LogP contribution in [0.2, 0.25) is 0 Å². The summed E-state index contributed by atoms with van der Waals surface area (Å²) in [4.78, 5) is 26.3. The van der Waals surface area contributed by atoms with Crippen LogP contribution in [0.5, 0.6) is 0 Å². The zero-order valence-electron chi connectivity index (χ0n) is 21.1. The molecule has 4 rings (SSSR count). The van der Waals surface area contributed by atoms with Crippen LogP contribution in [0.1, 0.15) is 60.1 Å². The highest BCUT2D eigenvalue weighted by Gasteiger charge is 2.46. The molecule has 0 fully saturated rings. The molecule has 1 unspecified atom stereocenters. The smallest absolute Gasteiger partial charge is 0.392 e. The van der Waals surface area contributed by atoms with E-state index in [0.717, 1.165) is 12.5 Å². The molecule has 0 saturated heterocycles. The van der Waals surface area contributed by atoms with Crippen molar-refractivity contribution in [1.29, 1.82) is 0 Å². The summed E-state index contributed by atoms with van der Waals surface area (Å²) < 4.78 is 67.3. The highest BCUT2D eigenvalue weighted by molar-refractivity contribution is 7.92. The van der Waals surface area contributed by atoms with E-state index in [1.54, 1.807) is 17.9 Å². The van der Waals surface area contributed by atoms with Crippen LogP contribution in [0.15, 0.2) is 11.8 Å². The van der Waals surface area contributed by atoms with Crippen molar-refractivity contribution in [3.8, 4) is 0 Å². The summed E-state index contributed by atoms with van der Waals surface area (Å²) in [6.07, 6.45) is -1.17. The van der Waals surface area contributed by atoms with Crippen LogP contribution in [0.25, 0.3) is 6.08 Å². The van der Waals surface area contributed by atoms with Crippen molar-refractivity contribution in [2.24, 2.45) is 5.92 Å². The maximum atomic E-state index is 13.8. The van der Waals surface area contributed by atoms with Gasteiger partial charge in [0.25, 0.3) is 5.91 Å². The summed E-state index contributed by atoms with van der Waals surface area (Å²) in [5.41, 5.74) is -0.446. The lowest BCUT2D eigenvalue weighted by atomic mass is 9.89. The van der Waals surface area contributed by atoms with Crippen LogP contribution < -0.4 is 10.2 Å². The quantitative estimate of drug-likeness (QED) is 0.587. The van der Waals surface area contributed by atoms with Crippen LogP contribution >= 0.6 is 0 Å². The van der Waals surface area contributed by atoms with Crippen LogP contribution in [0.4, 0.5) is 19.1 Å². The fourth-order valence-corrected chi connectivity index (χ4v) is 6.03. The SMILES string of the molecule is CNC(=O)c1cnc(N2CCn3c(nc4c3CC(C)(S(C)(=O)=O)C(CO)=C4)[C@H]2C(C)C)nc1C(F)(F)F. The van der Waals surface area contributed by atoms with Gasteiger partial charge in [-0.2, -0.15) is 13.2 Å². The number of alkyl halides is 3. The van der Waals surface area contributed by atoms with Crippen molar-refractivity contribution in [1.82, 2.24) is 24.8 Å². The number of sulfone groups is 1. The Morgan fingerprint density at radius 2 is 1.97 bits per heavy atom. The molecule has 2 aromatic rings. The van der Waals surface area contributed by atoms with Crippen LogP contribution in [0.3, 0.4) is 0 Å². The molecular formula is C23H29F3N6O4S. The minimum absolute atomic E-state index is 0.112. The molecule has 2 N–H and O–H groups in total. The summed E-state index contributed by atoms with van der Waals surface area (Å²) in [6.45, 7) is 5.45. The van der Waals surface area contributed by atoms with Crippen molar-refractivity contribution >= 4 is 27.8 Å². The number of fused-ring (bicyclic) bond motifs is 3. The van der Waals surface area contributed by atoms with Gasteiger partial charge in [0.05, 0.1) is 28.7 Å². The summed E-state index contributed by atoms with van der Waals surface area (Å²) in [5, 5.41) is 12.1. The standard InChI is InChI=1S/C23H29F3N6O4S/c1-12(2)17-19-29-15-8-13(11-33)22(3,37(5,35)36)9-16(15)31(19)6-7-32(17)21-28-10-14(20(34)27-4)18(30-21)23(24,25)26/h8,10,12,17,33H,6-7,9,11H2,1-5H3,(H,27,34)/t17-,22?/m1/s1. The van der Waals surface area contributed by atoms with Gasteiger partial charge in [-0.1, -0.05) is 13.8 Å². The number of aromatic nitrogens is 4. The van der Waals surface area contributed by atoms with Gasteiger partial charge in [-0.15, -0.1) is 0 Å². The minimum atomic E-state index is -4.87. The van der Waals surface area contributed by atoms with E-state index < -0.39 is 50.6 Å². The van der Waals surface area contributed by atoms with E-state index in [1.165, 1.54) is 7.05 Å². The van der Waals surface area contributed by atoms with E-state index in [4.69, 9.17) is 4.98 Å². The molecule has 1 aliphatic heterocycles. The van der Waals surface area contributed by atoms with Crippen LogP contribution in [-0.2, 0) is 29.0 Å². The van der Waals surface area contributed by atoms with Gasteiger partial charge in [-0.05, 0) is 24.5 Å². The van der Waals surface area contributed by atoms with E-state index in [0.29, 0.717) is 29.3 Å². The zero-order valence-corrected chi connectivity index (χ0v) is 21.9. The zero-order chi connectivity index (χ0) is 27.5. The molecule has 10 nitrogen and oxygen atoms in total. The Labute approximate surface area is 212 Å². The normalized spacial score (nSPS) is 21.9. The van der Waals surface area contributed by atoms with Gasteiger partial charge >= 0.3 is 6.18 Å². The van der Waals surface area contributed by atoms with Crippen molar-refractivity contribution in [2.45, 2.75) is 50.7 Å². The Hall–Kier alpha value is -3.00. The maximum Gasteiger partial charge on any atom is 0.434 e. The Morgan fingerprint density at radius 3 is 2.51 bits per heavy atom. The summed E-state index contributed by atoms with van der Waals surface area (Å²) in [7, 11) is -2.36. The number of halogens is 3. The molecule has 202 valence electrons. The van der Waals surface area contributed by atoms with Crippen molar-refractivity contribution in [3.63, 3.8) is 0 Å². The number of carbonyl (C=O) groups excluding carboxylic acids is 1. The minimum Gasteiger partial charge on any atom is -0.392 e. The first kappa shape index (κ1) is 27.0. The Morgan fingerprint density at radius 1 is 1.30 bits per heavy atom. The lowest BCUT2D eigenvalue weighted by molar-refractivity contribution is -0.141. The van der Waals surface area contributed by atoms with Gasteiger partial charge in [0.15, 0.2) is 15.5 Å². The highest BCUT2D eigenvalue weighted by Crippen LogP contribution is 2.42. The fraction of sp³-hybridized carbons (Fsp3) is 0.565. The molecule has 0 radical (unpaired) electrons. The number of nitrogens with one attached hydrogen (secondary N) is 1. The Balaban J connectivity index is 1.83. The van der Waals surface area contributed by atoms with E-state index in [2.05, 4.69) is 15.3 Å². The molecule has 2 aliphatic rings. The predicted octanol–water partition coefficient (Wildman–Crippen LogP) is 2.00. The van der Waals surface area contributed by atoms with Gasteiger partial charge in [-0.25, -0.2) is 23.4 Å². The molecule has 0 saturated carbocycles. The number of hydrogen-bond donors (Lipinski definition) is 2. The summed E-state index contributed by atoms with van der Waals surface area (Å²) in [5.74, 6) is -0.716. The first-order chi connectivity index (χ1) is 17.1. The monoisotopic (exact) mass is 542 g/mol. The number of nitrogens with zero attached hydrogens (tertiary/aromatic N) is 5. The van der Waals surface area contributed by atoms with Gasteiger partial charge in [-0.3, -0.25) is 4.79 Å². The maximum absolute atomic E-state index is 13.8. The Bertz CT molecular complexity index is 1390. The molecule has 2 atom stereocenters. The second kappa shape index (κ2) is 9.08. The van der Waals surface area contributed by atoms with Gasteiger partial charge in [0.2, 0.25) is 5.95 Å². The van der Waals surface area contributed by atoms with Crippen molar-refractivity contribution < 1.29 is 31.5 Å². The van der Waals surface area contributed by atoms with Crippen molar-refractivity contribution in [2.75, 3.05) is 31.4 Å². The molecule has 1 amide bonds. The molecule has 14 heteroatoms. The predicted molar refractivity (Wildman–Crippen MR) is 130 cm³/mol. The fourth-order valence-electron chi connectivity index (χ4n) is 5.03. The number of carbonyl (C=O) groups is 1. The third-order valence-electron chi connectivity index (χ3n) is 7.19. The van der Waals surface area contributed by atoms with Crippen LogP contribution in [0, 0.1) is 5.92 Å². The van der Waals surface area contributed by atoms with E-state index >= 15 is 0 Å². The van der Waals surface area contributed by atoms with E-state index in [9.17, 15) is 31.5 Å². The highest BCUT2D eigenvalue weighted by atomic mass is 32.2. The number of anilines is 1. The first-order valence-electron chi connectivity index (χ1n) is 11.7. The lowest BCUT2D eigenvalue weighted by Gasteiger charge is -2.39. The van der Waals surface area contributed by atoms with E-state index in [-0.39, 0.29) is 24.8 Å². The number of hydrogen-bond acceptors (Lipinski definition) is 8. The summed E-state index contributed by atoms with van der Waals surface area (Å²) >= 11 is 0. The van der Waals surface area contributed by atoms with Gasteiger partial charge < -0.3 is 19.9 Å². The first-order valence-corrected chi connectivity index (χ1v) is 13.6. The topological polar surface area (TPSA) is 130 Å². The number of aliphatic hydroxyl groups excluding tert-OH is 1. The summed E-state index contributed by atoms with van der Waals surface area (Å²) in [6, 6.07) is -0.526. The number of rotatable bonds is 5. The molecule has 1 aliphatic carbocycles. The van der Waals surface area contributed by atoms with Gasteiger partial charge in [0, 0.05) is 44.7 Å². The molecular weight excluding hydrogens is 513 g/mol. The molecule has 0 aromatic carbocycles. The van der Waals surface area contributed by atoms with Gasteiger partial charge in [0.1, 0.15) is 5.82 Å². The molecule has 3 heterocycles. The van der Waals surface area contributed by atoms with Crippen molar-refractivity contribution in [3.05, 3.63) is 40.2 Å². The lowest BCUT2D eigenvalue weighted by Crippen LogP contribution is -2.45. The second-order valence-corrected chi connectivity index (χ2v) is 12.3. The molecule has 0 spiro atoms. The average Bonchev–Trinajstić information content (AvgIpc) is 3.17. The Kier molecular flexibility index (Phi) is 6.64. The second-order valence-electron chi connectivity index (χ2n) is 9.85. The third-order valence-corrected chi connectivity index (χ3v) is 9.23. The molecule has 2 aromatic heterocycles. The number of imidazole rings is 1. The molecule has 37 heavy (non-hydrogen) atoms. The number of aliphatic hydroxyl groups is 1. The van der Waals surface area contributed by atoms with E-state index in [1.807, 2.05) is 18.4 Å².